The van der Waals surface area contributed by atoms with Crippen molar-refractivity contribution in [3.63, 3.8) is 0 Å². The van der Waals surface area contributed by atoms with Gasteiger partial charge >= 0.3 is 0 Å². The third-order valence-corrected chi connectivity index (χ3v) is 3.46. The van der Waals surface area contributed by atoms with E-state index in [1.165, 1.54) is 31.4 Å². The molecule has 0 amide bonds. The van der Waals surface area contributed by atoms with Crippen LogP contribution >= 0.6 is 0 Å². The molecule has 0 aliphatic heterocycles. The molecule has 0 bridgehead atoms. The van der Waals surface area contributed by atoms with Gasteiger partial charge in [-0.25, -0.2) is 0 Å². The molecule has 2 atom stereocenters. The molecular formula is C13H20N2. The van der Waals surface area contributed by atoms with E-state index < -0.39 is 0 Å². The number of nitrogens with one attached hydrogen (secondary N) is 1. The predicted octanol–water partition coefficient (Wildman–Crippen LogP) is 3.38. The number of aryl methyl sites for hydroxylation is 1. The standard InChI is InChI=1S/C13H20N2/c1-10-6-3-4-7-12(10)15-13-8-5-9-14-11(13)2/h5,8-10,12,15H,3-4,6-7H2,1-2H3. The van der Waals surface area contributed by atoms with Crippen LogP contribution in [0.1, 0.15) is 38.3 Å². The number of hydrogen-bond donors (Lipinski definition) is 1. The Bertz CT molecular complexity index is 322. The lowest BCUT2D eigenvalue weighted by atomic mass is 9.86. The molecule has 0 saturated heterocycles. The van der Waals surface area contributed by atoms with Crippen molar-refractivity contribution in [3.8, 4) is 0 Å². The van der Waals surface area contributed by atoms with Crippen LogP contribution in [-0.2, 0) is 0 Å². The van der Waals surface area contributed by atoms with Crippen molar-refractivity contribution in [2.75, 3.05) is 5.32 Å². The molecule has 82 valence electrons. The normalized spacial score (nSPS) is 26.3. The van der Waals surface area contributed by atoms with Crippen LogP contribution in [-0.4, -0.2) is 11.0 Å². The first-order chi connectivity index (χ1) is 7.27. The van der Waals surface area contributed by atoms with Crippen LogP contribution in [0.25, 0.3) is 0 Å². The van der Waals surface area contributed by atoms with Gasteiger partial charge in [-0.2, -0.15) is 0 Å². The molecule has 2 unspecified atom stereocenters. The van der Waals surface area contributed by atoms with Crippen molar-refractivity contribution in [3.05, 3.63) is 24.0 Å². The lowest BCUT2D eigenvalue weighted by Crippen LogP contribution is -2.30. The van der Waals surface area contributed by atoms with Gasteiger partial charge in [0.2, 0.25) is 0 Å². The van der Waals surface area contributed by atoms with Crippen LogP contribution in [0, 0.1) is 12.8 Å². The summed E-state index contributed by atoms with van der Waals surface area (Å²) in [6.07, 6.45) is 7.27. The minimum atomic E-state index is 0.640. The molecule has 2 heteroatoms. The Morgan fingerprint density at radius 1 is 1.33 bits per heavy atom. The molecule has 1 fully saturated rings. The Kier molecular flexibility index (Phi) is 3.24. The molecule has 15 heavy (non-hydrogen) atoms. The van der Waals surface area contributed by atoms with Crippen LogP contribution in [0.2, 0.25) is 0 Å². The Morgan fingerprint density at radius 2 is 2.13 bits per heavy atom. The zero-order valence-electron chi connectivity index (χ0n) is 9.66. The Labute approximate surface area is 92.1 Å². The van der Waals surface area contributed by atoms with Crippen LogP contribution in [0.3, 0.4) is 0 Å². The predicted molar refractivity (Wildman–Crippen MR) is 64.0 cm³/mol. The average molecular weight is 204 g/mol. The van der Waals surface area contributed by atoms with Gasteiger partial charge in [-0.1, -0.05) is 19.8 Å². The van der Waals surface area contributed by atoms with Crippen molar-refractivity contribution in [1.82, 2.24) is 4.98 Å². The fraction of sp³-hybridized carbons (Fsp3) is 0.615. The highest BCUT2D eigenvalue weighted by atomic mass is 14.9. The van der Waals surface area contributed by atoms with E-state index in [9.17, 15) is 0 Å². The van der Waals surface area contributed by atoms with Gasteiger partial charge in [-0.05, 0) is 37.8 Å². The van der Waals surface area contributed by atoms with E-state index in [-0.39, 0.29) is 0 Å². The van der Waals surface area contributed by atoms with E-state index in [1.54, 1.807) is 0 Å². The minimum Gasteiger partial charge on any atom is -0.381 e. The zero-order chi connectivity index (χ0) is 10.7. The fourth-order valence-corrected chi connectivity index (χ4v) is 2.37. The molecule has 2 nitrogen and oxygen atoms in total. The second-order valence-electron chi connectivity index (χ2n) is 4.65. The SMILES string of the molecule is Cc1ncccc1NC1CCCCC1C. The summed E-state index contributed by atoms with van der Waals surface area (Å²) in [6, 6.07) is 4.77. The fourth-order valence-electron chi connectivity index (χ4n) is 2.37. The first-order valence-electron chi connectivity index (χ1n) is 5.95. The molecule has 0 spiro atoms. The van der Waals surface area contributed by atoms with Gasteiger partial charge in [0.25, 0.3) is 0 Å². The summed E-state index contributed by atoms with van der Waals surface area (Å²) in [6.45, 7) is 4.42. The summed E-state index contributed by atoms with van der Waals surface area (Å²) < 4.78 is 0. The zero-order valence-corrected chi connectivity index (χ0v) is 9.66. The maximum absolute atomic E-state index is 4.31. The summed E-state index contributed by atoms with van der Waals surface area (Å²) in [4.78, 5) is 4.31. The van der Waals surface area contributed by atoms with Crippen LogP contribution < -0.4 is 5.32 Å². The molecule has 1 aromatic heterocycles. The van der Waals surface area contributed by atoms with Gasteiger partial charge in [-0.15, -0.1) is 0 Å². The number of hydrogen-bond acceptors (Lipinski definition) is 2. The molecule has 1 aliphatic carbocycles. The summed E-state index contributed by atoms with van der Waals surface area (Å²) in [7, 11) is 0. The third-order valence-electron chi connectivity index (χ3n) is 3.46. The maximum Gasteiger partial charge on any atom is 0.0603 e. The van der Waals surface area contributed by atoms with Gasteiger partial charge in [-0.3, -0.25) is 4.98 Å². The van der Waals surface area contributed by atoms with Crippen molar-refractivity contribution < 1.29 is 0 Å². The maximum atomic E-state index is 4.31. The van der Waals surface area contributed by atoms with Crippen molar-refractivity contribution in [2.24, 2.45) is 5.92 Å². The van der Waals surface area contributed by atoms with Gasteiger partial charge < -0.3 is 5.32 Å². The molecule has 1 heterocycles. The van der Waals surface area contributed by atoms with Gasteiger partial charge in [0, 0.05) is 12.2 Å². The lowest BCUT2D eigenvalue weighted by Gasteiger charge is -2.30. The van der Waals surface area contributed by atoms with E-state index >= 15 is 0 Å². The van der Waals surface area contributed by atoms with Gasteiger partial charge in [0.15, 0.2) is 0 Å². The highest BCUT2D eigenvalue weighted by molar-refractivity contribution is 5.47. The number of pyridine rings is 1. The monoisotopic (exact) mass is 204 g/mol. The summed E-state index contributed by atoms with van der Waals surface area (Å²) >= 11 is 0. The minimum absolute atomic E-state index is 0.640. The van der Waals surface area contributed by atoms with E-state index in [2.05, 4.69) is 30.2 Å². The second kappa shape index (κ2) is 4.65. The Hall–Kier alpha value is -1.05. The first kappa shape index (κ1) is 10.5. The van der Waals surface area contributed by atoms with E-state index in [4.69, 9.17) is 0 Å². The smallest absolute Gasteiger partial charge is 0.0603 e. The van der Waals surface area contributed by atoms with E-state index in [1.807, 2.05) is 12.3 Å². The van der Waals surface area contributed by atoms with Crippen LogP contribution in [0.15, 0.2) is 18.3 Å². The number of aromatic nitrogens is 1. The molecule has 1 N–H and O–H groups in total. The molecule has 2 rings (SSSR count). The van der Waals surface area contributed by atoms with Crippen molar-refractivity contribution in [2.45, 2.75) is 45.6 Å². The molecule has 1 saturated carbocycles. The highest BCUT2D eigenvalue weighted by Crippen LogP contribution is 2.27. The number of anilines is 1. The molecule has 1 aromatic rings. The topological polar surface area (TPSA) is 24.9 Å². The molecule has 0 radical (unpaired) electrons. The lowest BCUT2D eigenvalue weighted by molar-refractivity contribution is 0.349. The van der Waals surface area contributed by atoms with Crippen LogP contribution in [0.5, 0.6) is 0 Å². The summed E-state index contributed by atoms with van der Waals surface area (Å²) in [5, 5.41) is 3.64. The Morgan fingerprint density at radius 3 is 2.87 bits per heavy atom. The molecule has 0 aromatic carbocycles. The van der Waals surface area contributed by atoms with E-state index in [0.29, 0.717) is 6.04 Å². The molecule has 1 aliphatic rings. The van der Waals surface area contributed by atoms with Gasteiger partial charge in [0.05, 0.1) is 11.4 Å². The summed E-state index contributed by atoms with van der Waals surface area (Å²) in [5.41, 5.74) is 2.31. The van der Waals surface area contributed by atoms with E-state index in [0.717, 1.165) is 11.6 Å². The Balaban J connectivity index is 2.04. The average Bonchev–Trinajstić information content (AvgIpc) is 2.24. The highest BCUT2D eigenvalue weighted by Gasteiger charge is 2.21. The first-order valence-corrected chi connectivity index (χ1v) is 5.95. The van der Waals surface area contributed by atoms with Crippen molar-refractivity contribution in [1.29, 1.82) is 0 Å². The second-order valence-corrected chi connectivity index (χ2v) is 4.65. The number of rotatable bonds is 2. The third kappa shape index (κ3) is 2.49. The van der Waals surface area contributed by atoms with Crippen molar-refractivity contribution >= 4 is 5.69 Å². The number of nitrogens with zero attached hydrogens (tertiary/aromatic N) is 1. The largest absolute Gasteiger partial charge is 0.381 e. The quantitative estimate of drug-likeness (QED) is 0.798. The summed E-state index contributed by atoms with van der Waals surface area (Å²) in [5.74, 6) is 0.790. The molecular weight excluding hydrogens is 184 g/mol. The van der Waals surface area contributed by atoms with Gasteiger partial charge in [0.1, 0.15) is 0 Å². The van der Waals surface area contributed by atoms with Crippen LogP contribution in [0.4, 0.5) is 5.69 Å².